The Balaban J connectivity index is 2.31. The summed E-state index contributed by atoms with van der Waals surface area (Å²) < 4.78 is 0. The number of fused-ring (bicyclic) bond motifs is 5. The first-order valence-corrected chi connectivity index (χ1v) is 6.09. The first-order valence-electron chi connectivity index (χ1n) is 6.09. The van der Waals surface area contributed by atoms with E-state index in [0.29, 0.717) is 0 Å². The predicted octanol–water partition coefficient (Wildman–Crippen LogP) is 4.54. The number of aromatic nitrogens is 1. The van der Waals surface area contributed by atoms with E-state index in [1.807, 2.05) is 6.20 Å². The summed E-state index contributed by atoms with van der Waals surface area (Å²) in [4.78, 5) is 4.64. The quantitative estimate of drug-likeness (QED) is 0.403. The maximum Gasteiger partial charge on any atom is 0.0786 e. The van der Waals surface area contributed by atoms with Gasteiger partial charge in [-0.05, 0) is 10.8 Å². The average molecular weight is 229 g/mol. The smallest absolute Gasteiger partial charge is 0.0786 e. The van der Waals surface area contributed by atoms with Gasteiger partial charge in [-0.3, -0.25) is 4.98 Å². The van der Waals surface area contributed by atoms with E-state index in [-0.39, 0.29) is 0 Å². The number of rotatable bonds is 0. The molecule has 0 unspecified atom stereocenters. The zero-order chi connectivity index (χ0) is 11.9. The van der Waals surface area contributed by atoms with Crippen LogP contribution in [0, 0.1) is 0 Å². The van der Waals surface area contributed by atoms with Gasteiger partial charge in [-0.1, -0.05) is 60.7 Å². The molecule has 1 heterocycles. The molecule has 1 nitrogen and oxygen atoms in total. The van der Waals surface area contributed by atoms with Gasteiger partial charge in [-0.15, -0.1) is 0 Å². The third-order valence-electron chi connectivity index (χ3n) is 3.48. The van der Waals surface area contributed by atoms with Crippen molar-refractivity contribution in [2.24, 2.45) is 0 Å². The van der Waals surface area contributed by atoms with E-state index < -0.39 is 0 Å². The molecule has 0 aliphatic heterocycles. The topological polar surface area (TPSA) is 12.9 Å². The average Bonchev–Trinajstić information content (AvgIpc) is 2.46. The summed E-state index contributed by atoms with van der Waals surface area (Å²) in [6, 6.07) is 21.1. The van der Waals surface area contributed by atoms with Crippen molar-refractivity contribution in [2.75, 3.05) is 0 Å². The minimum absolute atomic E-state index is 1.09. The summed E-state index contributed by atoms with van der Waals surface area (Å²) in [7, 11) is 0. The third kappa shape index (κ3) is 1.25. The fourth-order valence-corrected chi connectivity index (χ4v) is 2.60. The van der Waals surface area contributed by atoms with E-state index in [1.165, 1.54) is 26.9 Å². The van der Waals surface area contributed by atoms with Crippen LogP contribution < -0.4 is 0 Å². The van der Waals surface area contributed by atoms with Gasteiger partial charge in [0.1, 0.15) is 0 Å². The first-order chi connectivity index (χ1) is 8.93. The molecule has 0 aliphatic carbocycles. The number of benzene rings is 3. The highest BCUT2D eigenvalue weighted by atomic mass is 14.7. The lowest BCUT2D eigenvalue weighted by Crippen LogP contribution is -1.83. The molecule has 0 atom stereocenters. The van der Waals surface area contributed by atoms with Crippen LogP contribution in [0.1, 0.15) is 0 Å². The summed E-state index contributed by atoms with van der Waals surface area (Å²) in [5.74, 6) is 0. The fourth-order valence-electron chi connectivity index (χ4n) is 2.60. The van der Waals surface area contributed by atoms with Crippen LogP contribution in [0.4, 0.5) is 0 Å². The molecule has 0 N–H and O–H groups in total. The van der Waals surface area contributed by atoms with Crippen molar-refractivity contribution in [3.63, 3.8) is 0 Å². The van der Waals surface area contributed by atoms with Crippen LogP contribution in [0.5, 0.6) is 0 Å². The highest BCUT2D eigenvalue weighted by Crippen LogP contribution is 2.28. The lowest BCUT2D eigenvalue weighted by molar-refractivity contribution is 1.46. The van der Waals surface area contributed by atoms with Crippen LogP contribution >= 0.6 is 0 Å². The molecule has 0 saturated heterocycles. The lowest BCUT2D eigenvalue weighted by atomic mass is 10.0. The molecule has 0 radical (unpaired) electrons. The second kappa shape index (κ2) is 3.54. The van der Waals surface area contributed by atoms with E-state index in [0.717, 1.165) is 5.52 Å². The van der Waals surface area contributed by atoms with E-state index >= 15 is 0 Å². The van der Waals surface area contributed by atoms with Crippen LogP contribution in [0.2, 0.25) is 0 Å². The molecule has 4 rings (SSSR count). The minimum Gasteiger partial charge on any atom is -0.255 e. The number of hydrogen-bond donors (Lipinski definition) is 0. The molecule has 0 saturated carbocycles. The summed E-state index contributed by atoms with van der Waals surface area (Å²) >= 11 is 0. The highest BCUT2D eigenvalue weighted by Gasteiger charge is 2.04. The van der Waals surface area contributed by atoms with Gasteiger partial charge in [0.2, 0.25) is 0 Å². The van der Waals surface area contributed by atoms with Crippen LogP contribution in [0.3, 0.4) is 0 Å². The molecule has 84 valence electrons. The summed E-state index contributed by atoms with van der Waals surface area (Å²) in [5, 5.41) is 6.16. The van der Waals surface area contributed by atoms with Crippen LogP contribution in [-0.2, 0) is 0 Å². The SMILES string of the molecule is c1ccc2c(c1)cnc1c3ccccc3ccc21. The first kappa shape index (κ1) is 9.60. The minimum atomic E-state index is 1.09. The Morgan fingerprint density at radius 1 is 0.556 bits per heavy atom. The van der Waals surface area contributed by atoms with Crippen molar-refractivity contribution in [3.8, 4) is 0 Å². The van der Waals surface area contributed by atoms with Gasteiger partial charge in [0.25, 0.3) is 0 Å². The second-order valence-electron chi connectivity index (χ2n) is 4.53. The van der Waals surface area contributed by atoms with Gasteiger partial charge >= 0.3 is 0 Å². The van der Waals surface area contributed by atoms with Gasteiger partial charge in [0.15, 0.2) is 0 Å². The Bertz CT molecular complexity index is 803. The van der Waals surface area contributed by atoms with Gasteiger partial charge in [0, 0.05) is 22.4 Å². The van der Waals surface area contributed by atoms with Gasteiger partial charge in [0.05, 0.1) is 5.52 Å². The predicted molar refractivity (Wildman–Crippen MR) is 76.8 cm³/mol. The molecule has 0 bridgehead atoms. The van der Waals surface area contributed by atoms with E-state index in [4.69, 9.17) is 0 Å². The molecule has 1 aromatic heterocycles. The molecule has 4 aromatic rings. The molecule has 0 amide bonds. The van der Waals surface area contributed by atoms with Crippen molar-refractivity contribution in [1.29, 1.82) is 0 Å². The van der Waals surface area contributed by atoms with Gasteiger partial charge < -0.3 is 0 Å². The number of nitrogens with zero attached hydrogens (tertiary/aromatic N) is 1. The van der Waals surface area contributed by atoms with Crippen molar-refractivity contribution in [3.05, 3.63) is 66.9 Å². The van der Waals surface area contributed by atoms with Crippen molar-refractivity contribution >= 4 is 32.4 Å². The summed E-state index contributed by atoms with van der Waals surface area (Å²) in [5.41, 5.74) is 1.09. The van der Waals surface area contributed by atoms with Crippen molar-refractivity contribution in [1.82, 2.24) is 4.98 Å². The maximum absolute atomic E-state index is 4.64. The molecular formula is C17H11N. The third-order valence-corrected chi connectivity index (χ3v) is 3.48. The number of hydrogen-bond acceptors (Lipinski definition) is 1. The molecular weight excluding hydrogens is 218 g/mol. The number of pyridine rings is 1. The largest absolute Gasteiger partial charge is 0.255 e. The van der Waals surface area contributed by atoms with E-state index in [2.05, 4.69) is 65.6 Å². The highest BCUT2D eigenvalue weighted by molar-refractivity contribution is 6.14. The Morgan fingerprint density at radius 2 is 1.28 bits per heavy atom. The zero-order valence-corrected chi connectivity index (χ0v) is 9.80. The molecule has 3 aromatic carbocycles. The molecule has 0 fully saturated rings. The van der Waals surface area contributed by atoms with Crippen molar-refractivity contribution < 1.29 is 0 Å². The van der Waals surface area contributed by atoms with Crippen LogP contribution in [0.25, 0.3) is 32.4 Å². The zero-order valence-electron chi connectivity index (χ0n) is 9.80. The molecule has 0 spiro atoms. The second-order valence-corrected chi connectivity index (χ2v) is 4.53. The molecule has 18 heavy (non-hydrogen) atoms. The normalized spacial score (nSPS) is 11.3. The van der Waals surface area contributed by atoms with Crippen molar-refractivity contribution in [2.45, 2.75) is 0 Å². The lowest BCUT2D eigenvalue weighted by Gasteiger charge is -2.06. The maximum atomic E-state index is 4.64. The Labute approximate surface area is 105 Å². The van der Waals surface area contributed by atoms with E-state index in [9.17, 15) is 0 Å². The Hall–Kier alpha value is -2.41. The van der Waals surface area contributed by atoms with Crippen LogP contribution in [-0.4, -0.2) is 4.98 Å². The fraction of sp³-hybridized carbons (Fsp3) is 0. The Morgan fingerprint density at radius 3 is 2.17 bits per heavy atom. The summed E-state index contributed by atoms with van der Waals surface area (Å²) in [6.45, 7) is 0. The molecule has 0 aliphatic rings. The standard InChI is InChI=1S/C17H11N/c1-4-8-15-12(5-1)9-10-16-14-7-3-2-6-13(14)11-18-17(15)16/h1-11H. The summed E-state index contributed by atoms with van der Waals surface area (Å²) in [6.07, 6.45) is 1.96. The Kier molecular flexibility index (Phi) is 1.89. The van der Waals surface area contributed by atoms with E-state index in [1.54, 1.807) is 0 Å². The van der Waals surface area contributed by atoms with Gasteiger partial charge in [-0.25, -0.2) is 0 Å². The van der Waals surface area contributed by atoms with Gasteiger partial charge in [-0.2, -0.15) is 0 Å². The van der Waals surface area contributed by atoms with Crippen LogP contribution in [0.15, 0.2) is 66.9 Å². The monoisotopic (exact) mass is 229 g/mol. The molecule has 1 heteroatoms.